The number of ether oxygens (including phenoxy) is 1. The molecule has 1 heterocycles. The van der Waals surface area contributed by atoms with Crippen LogP contribution in [0.2, 0.25) is 0 Å². The summed E-state index contributed by atoms with van der Waals surface area (Å²) in [6, 6.07) is 15.7. The van der Waals surface area contributed by atoms with Crippen molar-refractivity contribution in [3.05, 3.63) is 64.7 Å². The first-order valence-electron chi connectivity index (χ1n) is 9.37. The molecule has 0 radical (unpaired) electrons. The number of benzene rings is 2. The maximum absolute atomic E-state index is 11.9. The maximum atomic E-state index is 11.9. The van der Waals surface area contributed by atoms with E-state index in [1.807, 2.05) is 31.2 Å². The number of nitrogens with one attached hydrogen (secondary N) is 1. The number of carbonyl (C=O) groups is 1. The highest BCUT2D eigenvalue weighted by Gasteiger charge is 2.24. The molecule has 0 saturated heterocycles. The van der Waals surface area contributed by atoms with Crippen LogP contribution in [0.4, 0.5) is 5.69 Å². The third kappa shape index (κ3) is 4.87. The van der Waals surface area contributed by atoms with Gasteiger partial charge in [-0.15, -0.1) is 0 Å². The van der Waals surface area contributed by atoms with Gasteiger partial charge in [0, 0.05) is 12.1 Å². The van der Waals surface area contributed by atoms with Gasteiger partial charge in [-0.05, 0) is 61.9 Å². The van der Waals surface area contributed by atoms with Gasteiger partial charge in [0.05, 0.1) is 23.4 Å². The summed E-state index contributed by atoms with van der Waals surface area (Å²) in [4.78, 5) is 11.9. The third-order valence-corrected chi connectivity index (χ3v) is 4.71. The van der Waals surface area contributed by atoms with Gasteiger partial charge in [-0.1, -0.05) is 24.3 Å². The van der Waals surface area contributed by atoms with Gasteiger partial charge in [0.2, 0.25) is 0 Å². The Kier molecular flexibility index (Phi) is 6.10. The molecule has 0 aliphatic carbocycles. The van der Waals surface area contributed by atoms with E-state index >= 15 is 0 Å². The summed E-state index contributed by atoms with van der Waals surface area (Å²) in [5, 5.41) is 12.9. The number of hydrogen-bond donors (Lipinski definition) is 2. The molecule has 1 unspecified atom stereocenters. The quantitative estimate of drug-likeness (QED) is 0.581. The third-order valence-electron chi connectivity index (χ3n) is 4.71. The standard InChI is InChI=1S/C22H25N3O2/c1-15(24)10-16-11-18-13-20(25-21(18)19(12-16)14-23)8-5-9-27-22(26)17-6-3-2-4-7-17/h2-4,6-7,11-12,15,20,25H,5,8-10,13,24H2,1H3/t15-,20?/m1/s1. The minimum atomic E-state index is -0.286. The van der Waals surface area contributed by atoms with Crippen molar-refractivity contribution in [2.45, 2.75) is 44.7 Å². The van der Waals surface area contributed by atoms with E-state index in [0.29, 0.717) is 17.7 Å². The second-order valence-electron chi connectivity index (χ2n) is 7.16. The van der Waals surface area contributed by atoms with Crippen LogP contribution in [0.3, 0.4) is 0 Å². The molecule has 2 aromatic rings. The van der Waals surface area contributed by atoms with Crippen LogP contribution in [0.25, 0.3) is 0 Å². The Labute approximate surface area is 160 Å². The molecule has 0 bridgehead atoms. The molecule has 27 heavy (non-hydrogen) atoms. The number of nitriles is 1. The minimum absolute atomic E-state index is 0.0686. The molecule has 1 aliphatic heterocycles. The van der Waals surface area contributed by atoms with Crippen molar-refractivity contribution in [2.24, 2.45) is 5.73 Å². The summed E-state index contributed by atoms with van der Waals surface area (Å²) in [6.45, 7) is 2.36. The molecule has 5 nitrogen and oxygen atoms in total. The SMILES string of the molecule is C[C@@H](N)Cc1cc(C#N)c2c(c1)CC(CCCOC(=O)c1ccccc1)N2. The zero-order valence-electron chi connectivity index (χ0n) is 15.6. The Bertz CT molecular complexity index is 841. The molecular formula is C22H25N3O2. The fourth-order valence-electron chi connectivity index (χ4n) is 3.52. The monoisotopic (exact) mass is 363 g/mol. The van der Waals surface area contributed by atoms with Gasteiger partial charge >= 0.3 is 5.97 Å². The topological polar surface area (TPSA) is 88.1 Å². The van der Waals surface area contributed by atoms with Crippen molar-refractivity contribution in [3.63, 3.8) is 0 Å². The smallest absolute Gasteiger partial charge is 0.338 e. The maximum Gasteiger partial charge on any atom is 0.338 e. The highest BCUT2D eigenvalue weighted by molar-refractivity contribution is 5.89. The van der Waals surface area contributed by atoms with Crippen LogP contribution in [0.15, 0.2) is 42.5 Å². The minimum Gasteiger partial charge on any atom is -0.462 e. The number of fused-ring (bicyclic) bond motifs is 1. The number of anilines is 1. The average Bonchev–Trinajstić information content (AvgIpc) is 3.07. The summed E-state index contributed by atoms with van der Waals surface area (Å²) >= 11 is 0. The zero-order chi connectivity index (χ0) is 19.2. The molecule has 1 aliphatic rings. The van der Waals surface area contributed by atoms with E-state index < -0.39 is 0 Å². The number of rotatable bonds is 7. The second kappa shape index (κ2) is 8.70. The highest BCUT2D eigenvalue weighted by atomic mass is 16.5. The summed E-state index contributed by atoms with van der Waals surface area (Å²) in [7, 11) is 0. The first-order chi connectivity index (χ1) is 13.1. The predicted octanol–water partition coefficient (Wildman–Crippen LogP) is 3.42. The summed E-state index contributed by atoms with van der Waals surface area (Å²) in [6.07, 6.45) is 3.30. The van der Waals surface area contributed by atoms with Crippen LogP contribution < -0.4 is 11.1 Å². The van der Waals surface area contributed by atoms with Crippen LogP contribution in [0.1, 0.15) is 46.8 Å². The fourth-order valence-corrected chi connectivity index (χ4v) is 3.52. The Morgan fingerprint density at radius 2 is 2.15 bits per heavy atom. The Morgan fingerprint density at radius 3 is 2.85 bits per heavy atom. The van der Waals surface area contributed by atoms with Crippen LogP contribution in [0.5, 0.6) is 0 Å². The van der Waals surface area contributed by atoms with Gasteiger partial charge in [0.1, 0.15) is 6.07 Å². The summed E-state index contributed by atoms with van der Waals surface area (Å²) in [5.74, 6) is -0.286. The molecule has 3 rings (SSSR count). The molecular weight excluding hydrogens is 338 g/mol. The largest absolute Gasteiger partial charge is 0.462 e. The van der Waals surface area contributed by atoms with Crippen molar-refractivity contribution in [1.29, 1.82) is 5.26 Å². The van der Waals surface area contributed by atoms with Gasteiger partial charge in [0.25, 0.3) is 0 Å². The van der Waals surface area contributed by atoms with E-state index in [-0.39, 0.29) is 18.1 Å². The molecule has 3 N–H and O–H groups in total. The lowest BCUT2D eigenvalue weighted by Gasteiger charge is -2.12. The molecule has 0 spiro atoms. The molecule has 2 aromatic carbocycles. The van der Waals surface area contributed by atoms with Crippen LogP contribution in [-0.2, 0) is 17.6 Å². The van der Waals surface area contributed by atoms with Gasteiger partial charge in [0.15, 0.2) is 0 Å². The van der Waals surface area contributed by atoms with E-state index in [0.717, 1.165) is 36.9 Å². The molecule has 0 fully saturated rings. The van der Waals surface area contributed by atoms with E-state index in [4.69, 9.17) is 10.5 Å². The Balaban J connectivity index is 1.51. The number of esters is 1. The molecule has 5 heteroatoms. The Hall–Kier alpha value is -2.84. The van der Waals surface area contributed by atoms with E-state index in [2.05, 4.69) is 17.5 Å². The van der Waals surface area contributed by atoms with E-state index in [1.54, 1.807) is 12.1 Å². The number of carbonyl (C=O) groups excluding carboxylic acids is 1. The van der Waals surface area contributed by atoms with Crippen molar-refractivity contribution >= 4 is 11.7 Å². The molecule has 0 amide bonds. The van der Waals surface area contributed by atoms with Crippen LogP contribution in [-0.4, -0.2) is 24.7 Å². The molecule has 140 valence electrons. The zero-order valence-corrected chi connectivity index (χ0v) is 15.6. The average molecular weight is 363 g/mol. The molecule has 0 saturated carbocycles. The van der Waals surface area contributed by atoms with Crippen molar-refractivity contribution in [3.8, 4) is 6.07 Å². The summed E-state index contributed by atoms with van der Waals surface area (Å²) in [5.41, 5.74) is 10.4. The molecule has 2 atom stereocenters. The van der Waals surface area contributed by atoms with Gasteiger partial charge in [-0.3, -0.25) is 0 Å². The van der Waals surface area contributed by atoms with Gasteiger partial charge in [-0.2, -0.15) is 5.26 Å². The lowest BCUT2D eigenvalue weighted by molar-refractivity contribution is 0.0497. The van der Waals surface area contributed by atoms with Gasteiger partial charge in [-0.25, -0.2) is 4.79 Å². The fraction of sp³-hybridized carbons (Fsp3) is 0.364. The van der Waals surface area contributed by atoms with Gasteiger partial charge < -0.3 is 15.8 Å². The van der Waals surface area contributed by atoms with E-state index in [1.165, 1.54) is 5.56 Å². The first-order valence-corrected chi connectivity index (χ1v) is 9.37. The predicted molar refractivity (Wildman–Crippen MR) is 106 cm³/mol. The number of hydrogen-bond acceptors (Lipinski definition) is 5. The number of nitrogens with zero attached hydrogens (tertiary/aromatic N) is 1. The lowest BCUT2D eigenvalue weighted by atomic mass is 9.98. The number of nitrogens with two attached hydrogens (primary N) is 1. The van der Waals surface area contributed by atoms with Crippen molar-refractivity contribution in [2.75, 3.05) is 11.9 Å². The van der Waals surface area contributed by atoms with Crippen molar-refractivity contribution < 1.29 is 9.53 Å². The normalized spacial score (nSPS) is 16.1. The lowest BCUT2D eigenvalue weighted by Crippen LogP contribution is -2.17. The van der Waals surface area contributed by atoms with E-state index in [9.17, 15) is 10.1 Å². The highest BCUT2D eigenvalue weighted by Crippen LogP contribution is 2.32. The second-order valence-corrected chi connectivity index (χ2v) is 7.16. The van der Waals surface area contributed by atoms with Crippen molar-refractivity contribution in [1.82, 2.24) is 0 Å². The summed E-state index contributed by atoms with van der Waals surface area (Å²) < 4.78 is 5.34. The van der Waals surface area contributed by atoms with Crippen LogP contribution >= 0.6 is 0 Å². The van der Waals surface area contributed by atoms with Crippen LogP contribution in [0, 0.1) is 11.3 Å². The Morgan fingerprint density at radius 1 is 1.37 bits per heavy atom. The molecule has 0 aromatic heterocycles. The first kappa shape index (κ1) is 18.9.